The lowest BCUT2D eigenvalue weighted by Crippen LogP contribution is -2.30. The number of hydrogen-bond donors (Lipinski definition) is 0. The number of halogens is 2. The number of rotatable bonds is 8. The van der Waals surface area contributed by atoms with Gasteiger partial charge in [0.25, 0.3) is 0 Å². The third kappa shape index (κ3) is 6.11. The highest BCUT2D eigenvalue weighted by Gasteiger charge is 2.11. The van der Waals surface area contributed by atoms with Gasteiger partial charge < -0.3 is 9.64 Å². The summed E-state index contributed by atoms with van der Waals surface area (Å²) in [6, 6.07) is 16.4. The second kappa shape index (κ2) is 10.5. The average molecular weight is 423 g/mol. The van der Waals surface area contributed by atoms with Crippen LogP contribution in [0.1, 0.15) is 32.1 Å². The molecule has 4 rings (SSSR count). The van der Waals surface area contributed by atoms with Gasteiger partial charge in [-0.05, 0) is 98.9 Å². The molecule has 0 bridgehead atoms. The lowest BCUT2D eigenvalue weighted by molar-refractivity contribution is 0.215. The Labute approximate surface area is 182 Å². The van der Waals surface area contributed by atoms with Crippen molar-refractivity contribution in [1.29, 1.82) is 0 Å². The topological polar surface area (TPSA) is 25.4 Å². The van der Waals surface area contributed by atoms with Crippen LogP contribution in [0.5, 0.6) is 5.88 Å². The molecular formula is C26H28F2N2O. The standard InChI is InChI=1S/C26H28F2N2O/c27-23-10-6-20(7-11-23)22-18-25(21-8-12-24(28)13-9-21)29-26(19-22)31-17-5-4-16-30-14-2-1-3-15-30/h6-13,18-19H,1-5,14-17H2. The van der Waals surface area contributed by atoms with Crippen LogP contribution >= 0.6 is 0 Å². The third-order valence-corrected chi connectivity index (χ3v) is 5.69. The van der Waals surface area contributed by atoms with E-state index in [-0.39, 0.29) is 11.6 Å². The molecular weight excluding hydrogens is 394 g/mol. The molecule has 2 heterocycles. The van der Waals surface area contributed by atoms with Gasteiger partial charge in [0.05, 0.1) is 12.3 Å². The maximum absolute atomic E-state index is 13.4. The molecule has 3 nitrogen and oxygen atoms in total. The first kappa shape index (κ1) is 21.4. The van der Waals surface area contributed by atoms with Crippen LogP contribution in [0.4, 0.5) is 8.78 Å². The highest BCUT2D eigenvalue weighted by molar-refractivity contribution is 5.71. The number of nitrogens with zero attached hydrogens (tertiary/aromatic N) is 2. The van der Waals surface area contributed by atoms with E-state index in [9.17, 15) is 8.78 Å². The molecule has 31 heavy (non-hydrogen) atoms. The molecule has 0 aliphatic carbocycles. The van der Waals surface area contributed by atoms with E-state index < -0.39 is 0 Å². The van der Waals surface area contributed by atoms with E-state index in [1.54, 1.807) is 24.3 Å². The number of ether oxygens (including phenoxy) is 1. The van der Waals surface area contributed by atoms with Crippen molar-refractivity contribution in [2.45, 2.75) is 32.1 Å². The first-order valence-electron chi connectivity index (χ1n) is 11.1. The Hall–Kier alpha value is -2.79. The normalized spacial score (nSPS) is 14.5. The van der Waals surface area contributed by atoms with E-state index in [0.29, 0.717) is 18.2 Å². The van der Waals surface area contributed by atoms with Gasteiger partial charge in [0, 0.05) is 11.6 Å². The molecule has 3 aromatic rings. The van der Waals surface area contributed by atoms with Gasteiger partial charge >= 0.3 is 0 Å². The quantitative estimate of drug-likeness (QED) is 0.396. The Morgan fingerprint density at radius 3 is 2.06 bits per heavy atom. The van der Waals surface area contributed by atoms with Gasteiger partial charge in [0.1, 0.15) is 11.6 Å². The molecule has 0 unspecified atom stereocenters. The van der Waals surface area contributed by atoms with Gasteiger partial charge in [-0.15, -0.1) is 0 Å². The molecule has 1 aliphatic heterocycles. The van der Waals surface area contributed by atoms with Crippen molar-refractivity contribution in [2.75, 3.05) is 26.2 Å². The highest BCUT2D eigenvalue weighted by Crippen LogP contribution is 2.29. The average Bonchev–Trinajstić information content (AvgIpc) is 2.80. The Morgan fingerprint density at radius 1 is 0.742 bits per heavy atom. The number of likely N-dealkylation sites (tertiary alicyclic amines) is 1. The largest absolute Gasteiger partial charge is 0.478 e. The van der Waals surface area contributed by atoms with Gasteiger partial charge in [-0.25, -0.2) is 13.8 Å². The molecule has 162 valence electrons. The number of pyridine rings is 1. The van der Waals surface area contributed by atoms with Crippen LogP contribution in [-0.2, 0) is 0 Å². The first-order valence-corrected chi connectivity index (χ1v) is 11.1. The van der Waals surface area contributed by atoms with Crippen molar-refractivity contribution in [1.82, 2.24) is 9.88 Å². The van der Waals surface area contributed by atoms with Gasteiger partial charge in [-0.3, -0.25) is 0 Å². The van der Waals surface area contributed by atoms with Crippen LogP contribution in [-0.4, -0.2) is 36.1 Å². The summed E-state index contributed by atoms with van der Waals surface area (Å²) >= 11 is 0. The summed E-state index contributed by atoms with van der Waals surface area (Å²) in [7, 11) is 0. The van der Waals surface area contributed by atoms with Crippen molar-refractivity contribution in [3.05, 3.63) is 72.3 Å². The summed E-state index contributed by atoms with van der Waals surface area (Å²) in [6.45, 7) is 4.14. The lowest BCUT2D eigenvalue weighted by atomic mass is 10.0. The Bertz CT molecular complexity index is 904. The number of piperidine rings is 1. The molecule has 0 spiro atoms. The number of hydrogen-bond acceptors (Lipinski definition) is 3. The minimum atomic E-state index is -0.288. The zero-order valence-corrected chi connectivity index (χ0v) is 17.7. The van der Waals surface area contributed by atoms with Crippen LogP contribution in [0, 0.1) is 11.6 Å². The summed E-state index contributed by atoms with van der Waals surface area (Å²) in [5, 5.41) is 0. The molecule has 0 atom stereocenters. The van der Waals surface area contributed by atoms with Gasteiger partial charge in [-0.1, -0.05) is 18.6 Å². The molecule has 2 aromatic carbocycles. The van der Waals surface area contributed by atoms with E-state index in [4.69, 9.17) is 4.74 Å². The monoisotopic (exact) mass is 422 g/mol. The second-order valence-electron chi connectivity index (χ2n) is 8.05. The Morgan fingerprint density at radius 2 is 1.39 bits per heavy atom. The summed E-state index contributed by atoms with van der Waals surface area (Å²) < 4.78 is 32.7. The fourth-order valence-corrected chi connectivity index (χ4v) is 3.95. The predicted octanol–water partition coefficient (Wildman–Crippen LogP) is 6.34. The molecule has 0 amide bonds. The summed E-state index contributed by atoms with van der Waals surface area (Å²) in [5.41, 5.74) is 3.27. The number of aromatic nitrogens is 1. The number of benzene rings is 2. The zero-order chi connectivity index (χ0) is 21.5. The van der Waals surface area contributed by atoms with E-state index in [2.05, 4.69) is 9.88 Å². The zero-order valence-electron chi connectivity index (χ0n) is 17.7. The maximum Gasteiger partial charge on any atom is 0.214 e. The third-order valence-electron chi connectivity index (χ3n) is 5.69. The number of unbranched alkanes of at least 4 members (excludes halogenated alkanes) is 1. The fourth-order valence-electron chi connectivity index (χ4n) is 3.95. The predicted molar refractivity (Wildman–Crippen MR) is 120 cm³/mol. The first-order chi connectivity index (χ1) is 15.2. The molecule has 1 aliphatic rings. The lowest BCUT2D eigenvalue weighted by Gasteiger charge is -2.26. The van der Waals surface area contributed by atoms with Crippen LogP contribution in [0.25, 0.3) is 22.4 Å². The van der Waals surface area contributed by atoms with Crippen molar-refractivity contribution in [3.8, 4) is 28.3 Å². The van der Waals surface area contributed by atoms with E-state index in [0.717, 1.165) is 36.1 Å². The van der Waals surface area contributed by atoms with Gasteiger partial charge in [-0.2, -0.15) is 0 Å². The Kier molecular flexibility index (Phi) is 7.26. The van der Waals surface area contributed by atoms with Crippen LogP contribution in [0.3, 0.4) is 0 Å². The summed E-state index contributed by atoms with van der Waals surface area (Å²) in [5.74, 6) is -0.0375. The highest BCUT2D eigenvalue weighted by atomic mass is 19.1. The van der Waals surface area contributed by atoms with Crippen molar-refractivity contribution in [3.63, 3.8) is 0 Å². The minimum Gasteiger partial charge on any atom is -0.478 e. The van der Waals surface area contributed by atoms with Crippen LogP contribution in [0.15, 0.2) is 60.7 Å². The fraction of sp³-hybridized carbons (Fsp3) is 0.346. The smallest absolute Gasteiger partial charge is 0.214 e. The molecule has 1 fully saturated rings. The van der Waals surface area contributed by atoms with Crippen molar-refractivity contribution < 1.29 is 13.5 Å². The Balaban J connectivity index is 1.46. The van der Waals surface area contributed by atoms with Crippen molar-refractivity contribution >= 4 is 0 Å². The SMILES string of the molecule is Fc1ccc(-c2cc(OCCCCN3CCCCC3)nc(-c3ccc(F)cc3)c2)cc1. The minimum absolute atomic E-state index is 0.276. The molecule has 1 saturated heterocycles. The maximum atomic E-state index is 13.4. The second-order valence-corrected chi connectivity index (χ2v) is 8.05. The summed E-state index contributed by atoms with van der Waals surface area (Å²) in [6.07, 6.45) is 6.03. The molecule has 5 heteroatoms. The van der Waals surface area contributed by atoms with Crippen LogP contribution < -0.4 is 4.74 Å². The van der Waals surface area contributed by atoms with E-state index in [1.165, 1.54) is 56.6 Å². The van der Waals surface area contributed by atoms with E-state index in [1.807, 2.05) is 12.1 Å². The van der Waals surface area contributed by atoms with Crippen molar-refractivity contribution in [2.24, 2.45) is 0 Å². The van der Waals surface area contributed by atoms with E-state index >= 15 is 0 Å². The summed E-state index contributed by atoms with van der Waals surface area (Å²) in [4.78, 5) is 7.17. The molecule has 0 radical (unpaired) electrons. The molecule has 0 N–H and O–H groups in total. The van der Waals surface area contributed by atoms with Crippen LogP contribution in [0.2, 0.25) is 0 Å². The van der Waals surface area contributed by atoms with Gasteiger partial charge in [0.2, 0.25) is 5.88 Å². The molecule has 1 aromatic heterocycles. The van der Waals surface area contributed by atoms with Gasteiger partial charge in [0.15, 0.2) is 0 Å². The molecule has 0 saturated carbocycles.